The van der Waals surface area contributed by atoms with Crippen LogP contribution in [0.1, 0.15) is 5.56 Å². The Kier molecular flexibility index (Phi) is 1.73. The zero-order valence-corrected chi connectivity index (χ0v) is 7.07. The molecule has 3 N–H and O–H groups in total. The molecule has 0 bridgehead atoms. The first-order valence-electron chi connectivity index (χ1n) is 4.01. The Labute approximate surface area is 75.5 Å². The van der Waals surface area contributed by atoms with Crippen LogP contribution in [0.2, 0.25) is 0 Å². The van der Waals surface area contributed by atoms with Gasteiger partial charge in [0.25, 0.3) is 0 Å². The number of pyridine rings is 1. The molecule has 0 saturated heterocycles. The topological polar surface area (TPSA) is 67.2 Å². The van der Waals surface area contributed by atoms with E-state index >= 15 is 0 Å². The van der Waals surface area contributed by atoms with Crippen LogP contribution in [-0.4, -0.2) is 15.4 Å². The maximum atomic E-state index is 7.16. The van der Waals surface area contributed by atoms with Crippen molar-refractivity contribution in [3.05, 3.63) is 36.2 Å². The average molecular weight is 174 g/mol. The van der Waals surface area contributed by atoms with E-state index in [-0.39, 0.29) is 5.84 Å². The van der Waals surface area contributed by atoms with E-state index in [0.29, 0.717) is 6.42 Å². The Morgan fingerprint density at radius 1 is 1.54 bits per heavy atom. The van der Waals surface area contributed by atoms with E-state index in [1.54, 1.807) is 10.7 Å². The molecule has 0 aliphatic carbocycles. The Hall–Kier alpha value is -1.84. The fourth-order valence-electron chi connectivity index (χ4n) is 1.30. The first-order valence-corrected chi connectivity index (χ1v) is 4.01. The largest absolute Gasteiger partial charge is 0.387 e. The van der Waals surface area contributed by atoms with E-state index in [2.05, 4.69) is 5.10 Å². The lowest BCUT2D eigenvalue weighted by atomic mass is 10.2. The normalized spacial score (nSPS) is 10.5. The molecule has 0 saturated carbocycles. The van der Waals surface area contributed by atoms with Crippen molar-refractivity contribution in [1.29, 1.82) is 5.41 Å². The van der Waals surface area contributed by atoms with Crippen LogP contribution >= 0.6 is 0 Å². The van der Waals surface area contributed by atoms with Crippen molar-refractivity contribution in [2.75, 3.05) is 0 Å². The van der Waals surface area contributed by atoms with Crippen LogP contribution in [0, 0.1) is 5.41 Å². The highest BCUT2D eigenvalue weighted by molar-refractivity contribution is 5.79. The van der Waals surface area contributed by atoms with Crippen LogP contribution in [0.3, 0.4) is 0 Å². The second-order valence-electron chi connectivity index (χ2n) is 2.94. The van der Waals surface area contributed by atoms with Gasteiger partial charge in [0.1, 0.15) is 0 Å². The SMILES string of the molecule is N=C(N)Cc1ccn2nccc2c1. The summed E-state index contributed by atoms with van der Waals surface area (Å²) in [5.41, 5.74) is 7.37. The number of rotatable bonds is 2. The van der Waals surface area contributed by atoms with Gasteiger partial charge in [0.2, 0.25) is 0 Å². The minimum atomic E-state index is 0.184. The van der Waals surface area contributed by atoms with Crippen LogP contribution in [0.5, 0.6) is 0 Å². The predicted molar refractivity (Wildman–Crippen MR) is 50.8 cm³/mol. The fourth-order valence-corrected chi connectivity index (χ4v) is 1.30. The van der Waals surface area contributed by atoms with Crippen molar-refractivity contribution in [3.63, 3.8) is 0 Å². The number of nitrogens with one attached hydrogen (secondary N) is 1. The molecule has 2 aromatic rings. The second kappa shape index (κ2) is 2.90. The molecule has 13 heavy (non-hydrogen) atoms. The third kappa shape index (κ3) is 1.51. The molecule has 0 aliphatic rings. The summed E-state index contributed by atoms with van der Waals surface area (Å²) in [4.78, 5) is 0. The molecular formula is C9H10N4. The van der Waals surface area contributed by atoms with Gasteiger partial charge in [-0.2, -0.15) is 5.10 Å². The number of nitrogens with zero attached hydrogens (tertiary/aromatic N) is 2. The van der Waals surface area contributed by atoms with Gasteiger partial charge in [-0.15, -0.1) is 0 Å². The third-order valence-electron chi connectivity index (χ3n) is 1.86. The highest BCUT2D eigenvalue weighted by Crippen LogP contribution is 2.06. The smallest absolute Gasteiger partial charge is 0.0950 e. The molecule has 0 spiro atoms. The third-order valence-corrected chi connectivity index (χ3v) is 1.86. The maximum absolute atomic E-state index is 7.16. The highest BCUT2D eigenvalue weighted by atomic mass is 15.2. The van der Waals surface area contributed by atoms with Crippen molar-refractivity contribution in [2.24, 2.45) is 5.73 Å². The van der Waals surface area contributed by atoms with Gasteiger partial charge in [0, 0.05) is 18.8 Å². The summed E-state index contributed by atoms with van der Waals surface area (Å²) in [6, 6.07) is 5.82. The quantitative estimate of drug-likeness (QED) is 0.522. The molecule has 2 aromatic heterocycles. The van der Waals surface area contributed by atoms with Crippen LogP contribution in [0.4, 0.5) is 0 Å². The Balaban J connectivity index is 2.42. The summed E-state index contributed by atoms with van der Waals surface area (Å²) in [5, 5.41) is 11.2. The number of hydrogen-bond acceptors (Lipinski definition) is 2. The molecule has 66 valence electrons. The van der Waals surface area contributed by atoms with Gasteiger partial charge in [0.15, 0.2) is 0 Å². The monoisotopic (exact) mass is 174 g/mol. The summed E-state index contributed by atoms with van der Waals surface area (Å²) < 4.78 is 1.78. The van der Waals surface area contributed by atoms with Gasteiger partial charge >= 0.3 is 0 Å². The average Bonchev–Trinajstić information content (AvgIpc) is 2.49. The van der Waals surface area contributed by atoms with Crippen LogP contribution in [0.25, 0.3) is 5.52 Å². The van der Waals surface area contributed by atoms with Crippen LogP contribution in [0.15, 0.2) is 30.6 Å². The summed E-state index contributed by atoms with van der Waals surface area (Å²) in [7, 11) is 0. The van der Waals surface area contributed by atoms with Crippen molar-refractivity contribution >= 4 is 11.4 Å². The van der Waals surface area contributed by atoms with E-state index in [0.717, 1.165) is 11.1 Å². The Morgan fingerprint density at radius 3 is 3.15 bits per heavy atom. The van der Waals surface area contributed by atoms with Gasteiger partial charge < -0.3 is 5.73 Å². The lowest BCUT2D eigenvalue weighted by molar-refractivity contribution is 0.955. The minimum absolute atomic E-state index is 0.184. The van der Waals surface area contributed by atoms with E-state index in [1.165, 1.54) is 0 Å². The Morgan fingerprint density at radius 2 is 2.38 bits per heavy atom. The predicted octanol–water partition coefficient (Wildman–Crippen LogP) is 0.813. The molecular weight excluding hydrogens is 164 g/mol. The van der Waals surface area contributed by atoms with Crippen molar-refractivity contribution in [3.8, 4) is 0 Å². The zero-order valence-electron chi connectivity index (χ0n) is 7.07. The van der Waals surface area contributed by atoms with E-state index in [4.69, 9.17) is 11.1 Å². The molecule has 0 fully saturated rings. The lowest BCUT2D eigenvalue weighted by Gasteiger charge is -1.99. The molecule has 4 heteroatoms. The van der Waals surface area contributed by atoms with Gasteiger partial charge in [-0.25, -0.2) is 4.52 Å². The van der Waals surface area contributed by atoms with Crippen molar-refractivity contribution < 1.29 is 0 Å². The molecule has 0 aromatic carbocycles. The number of aromatic nitrogens is 2. The maximum Gasteiger partial charge on any atom is 0.0950 e. The number of amidine groups is 1. The van der Waals surface area contributed by atoms with E-state index < -0.39 is 0 Å². The molecule has 0 aliphatic heterocycles. The first-order chi connectivity index (χ1) is 6.25. The van der Waals surface area contributed by atoms with E-state index in [9.17, 15) is 0 Å². The first kappa shape index (κ1) is 7.79. The molecule has 0 atom stereocenters. The zero-order chi connectivity index (χ0) is 9.26. The molecule has 4 nitrogen and oxygen atoms in total. The Bertz CT molecular complexity index is 444. The summed E-state index contributed by atoms with van der Waals surface area (Å²) in [6.45, 7) is 0. The molecule has 2 heterocycles. The number of hydrogen-bond donors (Lipinski definition) is 2. The molecule has 2 rings (SSSR count). The van der Waals surface area contributed by atoms with Crippen LogP contribution < -0.4 is 5.73 Å². The number of fused-ring (bicyclic) bond motifs is 1. The summed E-state index contributed by atoms with van der Waals surface area (Å²) >= 11 is 0. The molecule has 0 unspecified atom stereocenters. The second-order valence-corrected chi connectivity index (χ2v) is 2.94. The van der Waals surface area contributed by atoms with Gasteiger partial charge in [0.05, 0.1) is 11.4 Å². The van der Waals surface area contributed by atoms with Crippen molar-refractivity contribution in [1.82, 2.24) is 9.61 Å². The molecule has 0 radical (unpaired) electrons. The fraction of sp³-hybridized carbons (Fsp3) is 0.111. The van der Waals surface area contributed by atoms with E-state index in [1.807, 2.05) is 24.4 Å². The minimum Gasteiger partial charge on any atom is -0.387 e. The lowest BCUT2D eigenvalue weighted by Crippen LogP contribution is -2.12. The van der Waals surface area contributed by atoms with Gasteiger partial charge in [-0.05, 0) is 23.8 Å². The van der Waals surface area contributed by atoms with Crippen LogP contribution in [-0.2, 0) is 6.42 Å². The highest BCUT2D eigenvalue weighted by Gasteiger charge is 1.97. The summed E-state index contributed by atoms with van der Waals surface area (Å²) in [5.74, 6) is 0.184. The standard InChI is InChI=1S/C9H10N4/c10-9(11)6-7-2-4-13-8(5-7)1-3-12-13/h1-5H,6H2,(H3,10,11). The van der Waals surface area contributed by atoms with Crippen molar-refractivity contribution in [2.45, 2.75) is 6.42 Å². The van der Waals surface area contributed by atoms with Gasteiger partial charge in [-0.1, -0.05) is 0 Å². The number of nitrogens with two attached hydrogens (primary N) is 1. The molecule has 0 amide bonds. The van der Waals surface area contributed by atoms with Gasteiger partial charge in [-0.3, -0.25) is 5.41 Å². The summed E-state index contributed by atoms with van der Waals surface area (Å²) in [6.07, 6.45) is 4.11.